The SMILES string of the molecule is COC(=O)C(I)CNC(=O)Cc1ccccc1. The van der Waals surface area contributed by atoms with Crippen LogP contribution in [0.2, 0.25) is 0 Å². The van der Waals surface area contributed by atoms with Gasteiger partial charge >= 0.3 is 5.97 Å². The number of carbonyl (C=O) groups is 2. The van der Waals surface area contributed by atoms with Crippen molar-refractivity contribution in [2.24, 2.45) is 0 Å². The molecule has 0 aromatic heterocycles. The van der Waals surface area contributed by atoms with E-state index in [-0.39, 0.29) is 15.8 Å². The van der Waals surface area contributed by atoms with Crippen LogP contribution in [0.5, 0.6) is 0 Å². The van der Waals surface area contributed by atoms with Crippen LogP contribution in [0.1, 0.15) is 5.56 Å². The highest BCUT2D eigenvalue weighted by atomic mass is 127. The van der Waals surface area contributed by atoms with Crippen molar-refractivity contribution in [3.8, 4) is 0 Å². The maximum absolute atomic E-state index is 11.6. The third kappa shape index (κ3) is 5.16. The summed E-state index contributed by atoms with van der Waals surface area (Å²) >= 11 is 1.94. The number of ether oxygens (including phenoxy) is 1. The fourth-order valence-corrected chi connectivity index (χ4v) is 1.73. The van der Waals surface area contributed by atoms with Crippen molar-refractivity contribution < 1.29 is 14.3 Å². The van der Waals surface area contributed by atoms with Gasteiger partial charge in [0.2, 0.25) is 5.91 Å². The van der Waals surface area contributed by atoms with Crippen LogP contribution >= 0.6 is 22.6 Å². The summed E-state index contributed by atoms with van der Waals surface area (Å²) in [6.45, 7) is 0.291. The number of esters is 1. The van der Waals surface area contributed by atoms with Gasteiger partial charge in [-0.25, -0.2) is 0 Å². The molecule has 1 aromatic rings. The van der Waals surface area contributed by atoms with E-state index >= 15 is 0 Å². The number of hydrogen-bond acceptors (Lipinski definition) is 3. The lowest BCUT2D eigenvalue weighted by molar-refractivity contribution is -0.139. The van der Waals surface area contributed by atoms with Crippen LogP contribution in [0, 0.1) is 0 Å². The Morgan fingerprint density at radius 2 is 2.00 bits per heavy atom. The molecule has 0 saturated carbocycles. The molecule has 0 bridgehead atoms. The molecule has 1 rings (SSSR count). The van der Waals surface area contributed by atoms with Crippen LogP contribution < -0.4 is 5.32 Å². The Kier molecular flexibility index (Phi) is 5.96. The van der Waals surface area contributed by atoms with Gasteiger partial charge in [0.05, 0.1) is 13.5 Å². The second kappa shape index (κ2) is 7.26. The van der Waals surface area contributed by atoms with Gasteiger partial charge in [0.1, 0.15) is 3.92 Å². The molecule has 1 unspecified atom stereocenters. The molecular formula is C12H14INO3. The predicted octanol–water partition coefficient (Wildman–Crippen LogP) is 1.32. The normalized spacial score (nSPS) is 11.6. The van der Waals surface area contributed by atoms with Gasteiger partial charge in [-0.2, -0.15) is 0 Å². The molecule has 0 radical (unpaired) electrons. The van der Waals surface area contributed by atoms with Crippen molar-refractivity contribution in [2.75, 3.05) is 13.7 Å². The van der Waals surface area contributed by atoms with E-state index in [0.717, 1.165) is 5.56 Å². The van der Waals surface area contributed by atoms with Crippen molar-refractivity contribution in [1.29, 1.82) is 0 Å². The number of methoxy groups -OCH3 is 1. The van der Waals surface area contributed by atoms with Gasteiger partial charge in [-0.1, -0.05) is 52.9 Å². The van der Waals surface area contributed by atoms with Gasteiger partial charge < -0.3 is 10.1 Å². The molecule has 0 aliphatic rings. The Hall–Kier alpha value is -1.11. The van der Waals surface area contributed by atoms with Gasteiger partial charge in [-0.05, 0) is 5.56 Å². The van der Waals surface area contributed by atoms with Crippen molar-refractivity contribution in [1.82, 2.24) is 5.32 Å². The molecule has 1 atom stereocenters. The lowest BCUT2D eigenvalue weighted by Crippen LogP contribution is -2.34. The van der Waals surface area contributed by atoms with Crippen LogP contribution in [-0.2, 0) is 20.7 Å². The van der Waals surface area contributed by atoms with Gasteiger partial charge in [0.15, 0.2) is 0 Å². The minimum absolute atomic E-state index is 0.0956. The maximum Gasteiger partial charge on any atom is 0.320 e. The summed E-state index contributed by atoms with van der Waals surface area (Å²) in [5, 5.41) is 2.70. The first-order valence-corrected chi connectivity index (χ1v) is 6.40. The molecule has 17 heavy (non-hydrogen) atoms. The van der Waals surface area contributed by atoms with Crippen molar-refractivity contribution in [3.63, 3.8) is 0 Å². The van der Waals surface area contributed by atoms with E-state index in [0.29, 0.717) is 13.0 Å². The smallest absolute Gasteiger partial charge is 0.320 e. The van der Waals surface area contributed by atoms with E-state index in [1.165, 1.54) is 7.11 Å². The molecule has 5 heteroatoms. The summed E-state index contributed by atoms with van der Waals surface area (Å²) < 4.78 is 4.22. The second-order valence-corrected chi connectivity index (χ2v) is 4.96. The molecule has 1 aromatic carbocycles. The van der Waals surface area contributed by atoms with E-state index < -0.39 is 0 Å². The molecule has 0 heterocycles. The Bertz CT molecular complexity index is 381. The number of alkyl halides is 1. The monoisotopic (exact) mass is 347 g/mol. The predicted molar refractivity (Wildman–Crippen MR) is 73.0 cm³/mol. The molecule has 0 fully saturated rings. The minimum atomic E-state index is -0.350. The summed E-state index contributed by atoms with van der Waals surface area (Å²) in [5.74, 6) is -0.424. The Balaban J connectivity index is 2.33. The first kappa shape index (κ1) is 14.0. The van der Waals surface area contributed by atoms with E-state index in [1.807, 2.05) is 52.9 Å². The van der Waals surface area contributed by atoms with Gasteiger partial charge in [-0.15, -0.1) is 0 Å². The van der Waals surface area contributed by atoms with E-state index in [1.54, 1.807) is 0 Å². The Labute approximate surface area is 114 Å². The average molecular weight is 347 g/mol. The van der Waals surface area contributed by atoms with Gasteiger partial charge in [-0.3, -0.25) is 9.59 Å². The van der Waals surface area contributed by atoms with Crippen LogP contribution in [-0.4, -0.2) is 29.5 Å². The number of rotatable bonds is 5. The van der Waals surface area contributed by atoms with Gasteiger partial charge in [0, 0.05) is 6.54 Å². The molecule has 1 amide bonds. The topological polar surface area (TPSA) is 55.4 Å². The van der Waals surface area contributed by atoms with E-state index in [2.05, 4.69) is 10.1 Å². The first-order chi connectivity index (χ1) is 8.13. The molecule has 4 nitrogen and oxygen atoms in total. The summed E-state index contributed by atoms with van der Waals surface area (Å²) in [6.07, 6.45) is 0.325. The van der Waals surface area contributed by atoms with Crippen LogP contribution in [0.15, 0.2) is 30.3 Å². The molecule has 0 aliphatic heterocycles. The number of carbonyl (C=O) groups excluding carboxylic acids is 2. The number of hydrogen-bond donors (Lipinski definition) is 1. The Morgan fingerprint density at radius 1 is 1.35 bits per heavy atom. The van der Waals surface area contributed by atoms with E-state index in [4.69, 9.17) is 0 Å². The molecule has 0 aliphatic carbocycles. The second-order valence-electron chi connectivity index (χ2n) is 3.46. The summed E-state index contributed by atoms with van der Waals surface area (Å²) in [4.78, 5) is 22.7. The van der Waals surface area contributed by atoms with Crippen molar-refractivity contribution in [2.45, 2.75) is 10.3 Å². The van der Waals surface area contributed by atoms with Crippen molar-refractivity contribution in [3.05, 3.63) is 35.9 Å². The molecule has 0 spiro atoms. The van der Waals surface area contributed by atoms with Crippen LogP contribution in [0.4, 0.5) is 0 Å². The quantitative estimate of drug-likeness (QED) is 0.497. The zero-order valence-corrected chi connectivity index (χ0v) is 11.6. The maximum atomic E-state index is 11.6. The van der Waals surface area contributed by atoms with Crippen molar-refractivity contribution >= 4 is 34.5 Å². The molecule has 1 N–H and O–H groups in total. The zero-order chi connectivity index (χ0) is 12.7. The summed E-state index contributed by atoms with van der Waals surface area (Å²) in [6, 6.07) is 9.46. The minimum Gasteiger partial charge on any atom is -0.468 e. The molecule has 92 valence electrons. The standard InChI is InChI=1S/C12H14INO3/c1-17-12(16)10(13)8-14-11(15)7-9-5-3-2-4-6-9/h2-6,10H,7-8H2,1H3,(H,14,15). The molecular weight excluding hydrogens is 333 g/mol. The molecule has 0 saturated heterocycles. The van der Waals surface area contributed by atoms with Crippen LogP contribution in [0.3, 0.4) is 0 Å². The highest BCUT2D eigenvalue weighted by Crippen LogP contribution is 2.02. The van der Waals surface area contributed by atoms with Gasteiger partial charge in [0.25, 0.3) is 0 Å². The lowest BCUT2D eigenvalue weighted by atomic mass is 10.1. The number of nitrogens with one attached hydrogen (secondary N) is 1. The fraction of sp³-hybridized carbons (Fsp3) is 0.333. The highest BCUT2D eigenvalue weighted by molar-refractivity contribution is 14.1. The fourth-order valence-electron chi connectivity index (χ4n) is 1.26. The lowest BCUT2D eigenvalue weighted by Gasteiger charge is -2.09. The zero-order valence-electron chi connectivity index (χ0n) is 9.48. The number of halogens is 1. The average Bonchev–Trinajstić information content (AvgIpc) is 2.36. The summed E-state index contributed by atoms with van der Waals surface area (Å²) in [7, 11) is 1.33. The first-order valence-electron chi connectivity index (χ1n) is 5.16. The largest absolute Gasteiger partial charge is 0.468 e. The third-order valence-corrected chi connectivity index (χ3v) is 3.09. The summed E-state index contributed by atoms with van der Waals surface area (Å²) in [5.41, 5.74) is 0.952. The Morgan fingerprint density at radius 3 is 2.59 bits per heavy atom. The number of benzene rings is 1. The van der Waals surface area contributed by atoms with E-state index in [9.17, 15) is 9.59 Å². The number of amides is 1. The third-order valence-electron chi connectivity index (χ3n) is 2.14. The highest BCUT2D eigenvalue weighted by Gasteiger charge is 2.15. The van der Waals surface area contributed by atoms with Crippen LogP contribution in [0.25, 0.3) is 0 Å².